The SMILES string of the molecule is Cc1ccc(OCC(=O)N2CCNCC2c2cccnc2)c(C)c1.Cl. The molecule has 2 aromatic rings. The van der Waals surface area contributed by atoms with Gasteiger partial charge >= 0.3 is 0 Å². The first kappa shape index (κ1) is 19.2. The maximum Gasteiger partial charge on any atom is 0.261 e. The second kappa shape index (κ2) is 8.83. The number of piperazine rings is 1. The molecule has 1 fully saturated rings. The summed E-state index contributed by atoms with van der Waals surface area (Å²) < 4.78 is 5.76. The van der Waals surface area contributed by atoms with Gasteiger partial charge in [-0.2, -0.15) is 0 Å². The predicted molar refractivity (Wildman–Crippen MR) is 100 cm³/mol. The Balaban J connectivity index is 0.00000225. The number of pyridine rings is 1. The number of halogens is 1. The van der Waals surface area contributed by atoms with E-state index in [0.29, 0.717) is 6.54 Å². The molecule has 1 aromatic heterocycles. The number of aromatic nitrogens is 1. The van der Waals surface area contributed by atoms with Crippen LogP contribution in [-0.4, -0.2) is 42.0 Å². The molecular formula is C19H24ClN3O2. The van der Waals surface area contributed by atoms with Gasteiger partial charge in [-0.05, 0) is 37.1 Å². The Labute approximate surface area is 154 Å². The van der Waals surface area contributed by atoms with Crippen molar-refractivity contribution in [2.75, 3.05) is 26.2 Å². The van der Waals surface area contributed by atoms with Crippen LogP contribution in [0.1, 0.15) is 22.7 Å². The number of hydrogen-bond acceptors (Lipinski definition) is 4. The first-order valence-electron chi connectivity index (χ1n) is 8.25. The molecule has 0 saturated carbocycles. The number of nitrogens with one attached hydrogen (secondary N) is 1. The number of rotatable bonds is 4. The third-order valence-corrected chi connectivity index (χ3v) is 4.31. The highest BCUT2D eigenvalue weighted by molar-refractivity contribution is 5.85. The molecule has 0 aliphatic carbocycles. The minimum atomic E-state index is 0. The van der Waals surface area contributed by atoms with Crippen LogP contribution in [0.2, 0.25) is 0 Å². The van der Waals surface area contributed by atoms with Crippen molar-refractivity contribution in [1.82, 2.24) is 15.2 Å². The van der Waals surface area contributed by atoms with Crippen LogP contribution in [0.25, 0.3) is 0 Å². The van der Waals surface area contributed by atoms with Crippen LogP contribution in [0, 0.1) is 13.8 Å². The van der Waals surface area contributed by atoms with E-state index < -0.39 is 0 Å². The summed E-state index contributed by atoms with van der Waals surface area (Å²) in [4.78, 5) is 18.7. The summed E-state index contributed by atoms with van der Waals surface area (Å²) in [6, 6.07) is 9.89. The van der Waals surface area contributed by atoms with E-state index in [1.165, 1.54) is 5.56 Å². The van der Waals surface area contributed by atoms with Crippen molar-refractivity contribution in [3.8, 4) is 5.75 Å². The number of hydrogen-bond donors (Lipinski definition) is 1. The van der Waals surface area contributed by atoms with Gasteiger partial charge in [-0.25, -0.2) is 0 Å². The molecule has 0 radical (unpaired) electrons. The zero-order valence-corrected chi connectivity index (χ0v) is 15.4. The summed E-state index contributed by atoms with van der Waals surface area (Å²) >= 11 is 0. The molecule has 134 valence electrons. The predicted octanol–water partition coefficient (Wildman–Crippen LogP) is 2.67. The monoisotopic (exact) mass is 361 g/mol. The molecule has 0 spiro atoms. The topological polar surface area (TPSA) is 54.5 Å². The number of carbonyl (C=O) groups excluding carboxylic acids is 1. The Hall–Kier alpha value is -2.11. The smallest absolute Gasteiger partial charge is 0.261 e. The lowest BCUT2D eigenvalue weighted by Crippen LogP contribution is -2.50. The number of benzene rings is 1. The molecule has 6 heteroatoms. The van der Waals surface area contributed by atoms with Crippen molar-refractivity contribution in [3.63, 3.8) is 0 Å². The van der Waals surface area contributed by atoms with E-state index in [0.717, 1.165) is 30.0 Å². The van der Waals surface area contributed by atoms with E-state index in [4.69, 9.17) is 4.74 Å². The standard InChI is InChI=1S/C19H23N3O2.ClH/c1-14-5-6-18(15(2)10-14)24-13-19(23)22-9-8-21-12-17(22)16-4-3-7-20-11-16;/h3-7,10-11,17,21H,8-9,12-13H2,1-2H3;1H. The Morgan fingerprint density at radius 1 is 1.36 bits per heavy atom. The average molecular weight is 362 g/mol. The molecule has 1 aromatic carbocycles. The number of ether oxygens (including phenoxy) is 1. The van der Waals surface area contributed by atoms with E-state index in [1.807, 2.05) is 49.2 Å². The van der Waals surface area contributed by atoms with Gasteiger partial charge in [-0.3, -0.25) is 9.78 Å². The second-order valence-electron chi connectivity index (χ2n) is 6.15. The molecule has 5 nitrogen and oxygen atoms in total. The van der Waals surface area contributed by atoms with Crippen LogP contribution >= 0.6 is 12.4 Å². The lowest BCUT2D eigenvalue weighted by Gasteiger charge is -2.36. The second-order valence-corrected chi connectivity index (χ2v) is 6.15. The Bertz CT molecular complexity index is 709. The number of carbonyl (C=O) groups is 1. The summed E-state index contributed by atoms with van der Waals surface area (Å²) in [5, 5.41) is 3.34. The zero-order valence-electron chi connectivity index (χ0n) is 14.6. The van der Waals surface area contributed by atoms with Crippen LogP contribution in [0.4, 0.5) is 0 Å². The van der Waals surface area contributed by atoms with Gasteiger partial charge in [-0.15, -0.1) is 12.4 Å². The van der Waals surface area contributed by atoms with E-state index in [9.17, 15) is 4.79 Å². The first-order chi connectivity index (χ1) is 11.6. The minimum absolute atomic E-state index is 0. The summed E-state index contributed by atoms with van der Waals surface area (Å²) in [6.07, 6.45) is 3.57. The van der Waals surface area contributed by atoms with Crippen LogP contribution < -0.4 is 10.1 Å². The van der Waals surface area contributed by atoms with Gasteiger partial charge in [-0.1, -0.05) is 23.8 Å². The van der Waals surface area contributed by atoms with Gasteiger partial charge in [0, 0.05) is 32.0 Å². The molecule has 1 atom stereocenters. The van der Waals surface area contributed by atoms with E-state index in [1.54, 1.807) is 6.20 Å². The summed E-state index contributed by atoms with van der Waals surface area (Å²) in [6.45, 7) is 6.31. The lowest BCUT2D eigenvalue weighted by molar-refractivity contribution is -0.136. The molecule has 1 aliphatic rings. The molecule has 1 amide bonds. The largest absolute Gasteiger partial charge is 0.483 e. The minimum Gasteiger partial charge on any atom is -0.483 e. The first-order valence-corrected chi connectivity index (χ1v) is 8.25. The summed E-state index contributed by atoms with van der Waals surface area (Å²) in [5.41, 5.74) is 3.28. The van der Waals surface area contributed by atoms with Crippen LogP contribution in [0.5, 0.6) is 5.75 Å². The zero-order chi connectivity index (χ0) is 16.9. The van der Waals surface area contributed by atoms with Gasteiger partial charge in [0.1, 0.15) is 5.75 Å². The van der Waals surface area contributed by atoms with E-state index in [-0.39, 0.29) is 31.0 Å². The molecular weight excluding hydrogens is 338 g/mol. The van der Waals surface area contributed by atoms with Crippen LogP contribution in [-0.2, 0) is 4.79 Å². The van der Waals surface area contributed by atoms with Crippen LogP contribution in [0.3, 0.4) is 0 Å². The summed E-state index contributed by atoms with van der Waals surface area (Å²) in [5.74, 6) is 0.771. The van der Waals surface area contributed by atoms with Gasteiger partial charge in [0.15, 0.2) is 6.61 Å². The Morgan fingerprint density at radius 2 is 2.20 bits per heavy atom. The quantitative estimate of drug-likeness (QED) is 0.909. The van der Waals surface area contributed by atoms with E-state index >= 15 is 0 Å². The summed E-state index contributed by atoms with van der Waals surface area (Å²) in [7, 11) is 0. The average Bonchev–Trinajstić information content (AvgIpc) is 2.61. The highest BCUT2D eigenvalue weighted by atomic mass is 35.5. The fourth-order valence-corrected chi connectivity index (χ4v) is 3.06. The molecule has 25 heavy (non-hydrogen) atoms. The highest BCUT2D eigenvalue weighted by Gasteiger charge is 2.28. The molecule has 2 heterocycles. The van der Waals surface area contributed by atoms with Crippen LogP contribution in [0.15, 0.2) is 42.7 Å². The molecule has 3 rings (SSSR count). The maximum atomic E-state index is 12.7. The van der Waals surface area contributed by atoms with Gasteiger partial charge < -0.3 is 15.0 Å². The molecule has 1 N–H and O–H groups in total. The van der Waals surface area contributed by atoms with Crippen molar-refractivity contribution in [3.05, 3.63) is 59.4 Å². The third kappa shape index (κ3) is 4.71. The number of nitrogens with zero attached hydrogens (tertiary/aromatic N) is 2. The van der Waals surface area contributed by atoms with Crippen molar-refractivity contribution >= 4 is 18.3 Å². The van der Waals surface area contributed by atoms with Crippen molar-refractivity contribution in [2.24, 2.45) is 0 Å². The molecule has 1 saturated heterocycles. The third-order valence-electron chi connectivity index (χ3n) is 4.31. The van der Waals surface area contributed by atoms with Crippen molar-refractivity contribution in [1.29, 1.82) is 0 Å². The maximum absolute atomic E-state index is 12.7. The fourth-order valence-electron chi connectivity index (χ4n) is 3.06. The Kier molecular flexibility index (Phi) is 6.79. The number of amides is 1. The van der Waals surface area contributed by atoms with Gasteiger partial charge in [0.05, 0.1) is 6.04 Å². The molecule has 0 bridgehead atoms. The molecule has 1 aliphatic heterocycles. The highest BCUT2D eigenvalue weighted by Crippen LogP contribution is 2.23. The fraction of sp³-hybridized carbons (Fsp3) is 0.368. The lowest BCUT2D eigenvalue weighted by atomic mass is 10.1. The van der Waals surface area contributed by atoms with E-state index in [2.05, 4.69) is 16.4 Å². The molecule has 1 unspecified atom stereocenters. The van der Waals surface area contributed by atoms with Crippen molar-refractivity contribution in [2.45, 2.75) is 19.9 Å². The van der Waals surface area contributed by atoms with Gasteiger partial charge in [0.25, 0.3) is 5.91 Å². The normalized spacial score (nSPS) is 16.9. The van der Waals surface area contributed by atoms with Gasteiger partial charge in [0.2, 0.25) is 0 Å². The number of aryl methyl sites for hydroxylation is 2. The Morgan fingerprint density at radius 3 is 2.92 bits per heavy atom. The van der Waals surface area contributed by atoms with Crippen molar-refractivity contribution < 1.29 is 9.53 Å².